The first kappa shape index (κ1) is 16.9. The maximum atomic E-state index is 12.2. The Labute approximate surface area is 134 Å². The number of piperidine rings is 1. The van der Waals surface area contributed by atoms with Crippen molar-refractivity contribution in [1.29, 1.82) is 0 Å². The third kappa shape index (κ3) is 5.03. The second kappa shape index (κ2) is 7.69. The lowest BCUT2D eigenvalue weighted by Crippen LogP contribution is -2.34. The van der Waals surface area contributed by atoms with Gasteiger partial charge < -0.3 is 10.1 Å². The van der Waals surface area contributed by atoms with Crippen molar-refractivity contribution in [1.82, 2.24) is 10.0 Å². The molecule has 5 nitrogen and oxygen atoms in total. The van der Waals surface area contributed by atoms with Gasteiger partial charge in [0.2, 0.25) is 10.0 Å². The summed E-state index contributed by atoms with van der Waals surface area (Å²) in [6, 6.07) is 5.18. The molecule has 0 aliphatic carbocycles. The molecule has 1 saturated heterocycles. The summed E-state index contributed by atoms with van der Waals surface area (Å²) in [4.78, 5) is 0.259. The molecule has 0 radical (unpaired) electrons. The number of sulfonamides is 1. The van der Waals surface area contributed by atoms with E-state index in [2.05, 4.69) is 26.0 Å². The number of ether oxygens (including phenoxy) is 1. The minimum atomic E-state index is -3.50. The van der Waals surface area contributed by atoms with E-state index in [1.165, 1.54) is 0 Å². The lowest BCUT2D eigenvalue weighted by atomic mass is 10.1. The van der Waals surface area contributed by atoms with Crippen molar-refractivity contribution in [3.05, 3.63) is 28.2 Å². The van der Waals surface area contributed by atoms with Gasteiger partial charge in [0.1, 0.15) is 0 Å². The monoisotopic (exact) mass is 376 g/mol. The standard InChI is InChI=1S/C14H21BrN2O3S/c1-11-2-3-14(13(15)10-11)21(18,19)17-8-9-20-12-4-6-16-7-5-12/h2-3,10,12,16-17H,4-9H2,1H3. The molecule has 1 aliphatic rings. The van der Waals surface area contributed by atoms with Gasteiger partial charge in [0.05, 0.1) is 17.6 Å². The fraction of sp³-hybridized carbons (Fsp3) is 0.571. The molecule has 1 fully saturated rings. The summed E-state index contributed by atoms with van der Waals surface area (Å²) in [5.74, 6) is 0. The van der Waals surface area contributed by atoms with Crippen LogP contribution in [0.25, 0.3) is 0 Å². The quantitative estimate of drug-likeness (QED) is 0.742. The van der Waals surface area contributed by atoms with Gasteiger partial charge in [0.15, 0.2) is 0 Å². The summed E-state index contributed by atoms with van der Waals surface area (Å²) < 4.78 is 33.3. The molecular weight excluding hydrogens is 356 g/mol. The maximum absolute atomic E-state index is 12.2. The first-order valence-corrected chi connectivity index (χ1v) is 9.35. The number of nitrogens with one attached hydrogen (secondary N) is 2. The summed E-state index contributed by atoms with van der Waals surface area (Å²) in [6.07, 6.45) is 2.20. The zero-order valence-electron chi connectivity index (χ0n) is 12.1. The number of hydrogen-bond acceptors (Lipinski definition) is 4. The maximum Gasteiger partial charge on any atom is 0.241 e. The van der Waals surface area contributed by atoms with Gasteiger partial charge in [-0.05, 0) is 66.5 Å². The number of hydrogen-bond donors (Lipinski definition) is 2. The van der Waals surface area contributed by atoms with Crippen molar-refractivity contribution in [2.24, 2.45) is 0 Å². The van der Waals surface area contributed by atoms with Crippen LogP contribution in [-0.4, -0.2) is 40.8 Å². The van der Waals surface area contributed by atoms with E-state index in [0.717, 1.165) is 31.5 Å². The van der Waals surface area contributed by atoms with E-state index < -0.39 is 10.0 Å². The van der Waals surface area contributed by atoms with Crippen LogP contribution < -0.4 is 10.0 Å². The van der Waals surface area contributed by atoms with Gasteiger partial charge in [0.25, 0.3) is 0 Å². The molecule has 2 rings (SSSR count). The fourth-order valence-electron chi connectivity index (χ4n) is 2.27. The van der Waals surface area contributed by atoms with Crippen LogP contribution in [0.5, 0.6) is 0 Å². The Balaban J connectivity index is 1.83. The van der Waals surface area contributed by atoms with E-state index in [1.807, 2.05) is 6.92 Å². The molecule has 0 amide bonds. The summed E-state index contributed by atoms with van der Waals surface area (Å²) in [5.41, 5.74) is 1.01. The molecule has 1 heterocycles. The van der Waals surface area contributed by atoms with Gasteiger partial charge in [-0.25, -0.2) is 13.1 Å². The van der Waals surface area contributed by atoms with Crippen LogP contribution in [0.3, 0.4) is 0 Å². The van der Waals surface area contributed by atoms with E-state index in [-0.39, 0.29) is 17.5 Å². The summed E-state index contributed by atoms with van der Waals surface area (Å²) in [7, 11) is -3.50. The third-order valence-corrected chi connectivity index (χ3v) is 5.85. The van der Waals surface area contributed by atoms with Crippen molar-refractivity contribution in [3.63, 3.8) is 0 Å². The predicted octanol–water partition coefficient (Wildman–Crippen LogP) is 1.80. The normalized spacial score (nSPS) is 17.0. The second-order valence-electron chi connectivity index (χ2n) is 5.15. The van der Waals surface area contributed by atoms with Gasteiger partial charge in [-0.15, -0.1) is 0 Å². The highest BCUT2D eigenvalue weighted by atomic mass is 79.9. The Morgan fingerprint density at radius 3 is 2.76 bits per heavy atom. The highest BCUT2D eigenvalue weighted by molar-refractivity contribution is 9.10. The Morgan fingerprint density at radius 2 is 2.10 bits per heavy atom. The predicted molar refractivity (Wildman–Crippen MR) is 85.9 cm³/mol. The van der Waals surface area contributed by atoms with Crippen LogP contribution in [-0.2, 0) is 14.8 Å². The summed E-state index contributed by atoms with van der Waals surface area (Å²) in [5, 5.41) is 3.26. The van der Waals surface area contributed by atoms with Crippen LogP contribution in [0, 0.1) is 6.92 Å². The zero-order valence-corrected chi connectivity index (χ0v) is 14.5. The molecule has 118 valence electrons. The molecule has 0 spiro atoms. The van der Waals surface area contributed by atoms with Crippen molar-refractivity contribution in [2.45, 2.75) is 30.8 Å². The van der Waals surface area contributed by atoms with Gasteiger partial charge >= 0.3 is 0 Å². The second-order valence-corrected chi connectivity index (χ2v) is 7.74. The number of aryl methyl sites for hydroxylation is 1. The number of rotatable bonds is 6. The van der Waals surface area contributed by atoms with Crippen LogP contribution in [0.4, 0.5) is 0 Å². The van der Waals surface area contributed by atoms with Crippen molar-refractivity contribution in [3.8, 4) is 0 Å². The average Bonchev–Trinajstić information content (AvgIpc) is 2.44. The van der Waals surface area contributed by atoms with Gasteiger partial charge in [0, 0.05) is 11.0 Å². The molecule has 0 atom stereocenters. The Kier molecular flexibility index (Phi) is 6.19. The Morgan fingerprint density at radius 1 is 1.38 bits per heavy atom. The first-order valence-electron chi connectivity index (χ1n) is 7.07. The zero-order chi connectivity index (χ0) is 15.3. The Bertz CT molecular complexity index is 572. The molecule has 21 heavy (non-hydrogen) atoms. The lowest BCUT2D eigenvalue weighted by molar-refractivity contribution is 0.0367. The van der Waals surface area contributed by atoms with Gasteiger partial charge in [-0.2, -0.15) is 0 Å². The summed E-state index contributed by atoms with van der Waals surface area (Å²) >= 11 is 3.30. The smallest absolute Gasteiger partial charge is 0.241 e. The van der Waals surface area contributed by atoms with E-state index in [1.54, 1.807) is 18.2 Å². The van der Waals surface area contributed by atoms with Crippen LogP contribution in [0.15, 0.2) is 27.6 Å². The highest BCUT2D eigenvalue weighted by Crippen LogP contribution is 2.22. The SMILES string of the molecule is Cc1ccc(S(=O)(=O)NCCOC2CCNCC2)c(Br)c1. The fourth-order valence-corrected chi connectivity index (χ4v) is 4.47. The summed E-state index contributed by atoms with van der Waals surface area (Å²) in [6.45, 7) is 4.53. The van der Waals surface area contributed by atoms with E-state index in [0.29, 0.717) is 11.1 Å². The Hall–Kier alpha value is -0.470. The molecular formula is C14H21BrN2O3S. The minimum Gasteiger partial charge on any atom is -0.377 e. The average molecular weight is 377 g/mol. The van der Waals surface area contributed by atoms with Gasteiger partial charge in [-0.1, -0.05) is 6.07 Å². The van der Waals surface area contributed by atoms with Gasteiger partial charge in [-0.3, -0.25) is 0 Å². The van der Waals surface area contributed by atoms with Crippen LogP contribution in [0.2, 0.25) is 0 Å². The molecule has 1 aliphatic heterocycles. The molecule has 1 aromatic rings. The number of benzene rings is 1. The first-order chi connectivity index (χ1) is 9.99. The van der Waals surface area contributed by atoms with E-state index in [4.69, 9.17) is 4.74 Å². The molecule has 2 N–H and O–H groups in total. The highest BCUT2D eigenvalue weighted by Gasteiger charge is 2.18. The lowest BCUT2D eigenvalue weighted by Gasteiger charge is -2.22. The van der Waals surface area contributed by atoms with Crippen molar-refractivity contribution >= 4 is 26.0 Å². The van der Waals surface area contributed by atoms with Crippen molar-refractivity contribution in [2.75, 3.05) is 26.2 Å². The topological polar surface area (TPSA) is 67.4 Å². The molecule has 1 aromatic carbocycles. The van der Waals surface area contributed by atoms with Crippen molar-refractivity contribution < 1.29 is 13.2 Å². The molecule has 0 saturated carbocycles. The largest absolute Gasteiger partial charge is 0.377 e. The van der Waals surface area contributed by atoms with Crippen LogP contribution in [0.1, 0.15) is 18.4 Å². The van der Waals surface area contributed by atoms with E-state index in [9.17, 15) is 8.42 Å². The molecule has 7 heteroatoms. The molecule has 0 unspecified atom stereocenters. The van der Waals surface area contributed by atoms with E-state index >= 15 is 0 Å². The third-order valence-electron chi connectivity index (χ3n) is 3.41. The van der Waals surface area contributed by atoms with Crippen LogP contribution >= 0.6 is 15.9 Å². The molecule has 0 bridgehead atoms. The molecule has 0 aromatic heterocycles. The minimum absolute atomic E-state index is 0.238. The number of halogens is 1.